The van der Waals surface area contributed by atoms with Crippen molar-refractivity contribution in [1.29, 1.82) is 0 Å². The van der Waals surface area contributed by atoms with Gasteiger partial charge in [-0.3, -0.25) is 4.84 Å². The van der Waals surface area contributed by atoms with Gasteiger partial charge in [0, 0.05) is 0 Å². The number of hydroxylamine groups is 1. The Balaban J connectivity index is 2.58. The van der Waals surface area contributed by atoms with E-state index in [1.54, 1.807) is 0 Å². The zero-order valence-electron chi connectivity index (χ0n) is 9.91. The van der Waals surface area contributed by atoms with Gasteiger partial charge in [0.1, 0.15) is 0 Å². The minimum absolute atomic E-state index is 0.0407. The predicted molar refractivity (Wildman–Crippen MR) is 62.9 cm³/mol. The van der Waals surface area contributed by atoms with Crippen LogP contribution in [-0.2, 0) is 11.3 Å². The van der Waals surface area contributed by atoms with E-state index in [2.05, 4.69) is 34.7 Å². The molecule has 0 aromatic heterocycles. The first-order valence-electron chi connectivity index (χ1n) is 5.35. The summed E-state index contributed by atoms with van der Waals surface area (Å²) in [5, 5.41) is 2.76. The van der Waals surface area contributed by atoms with Crippen LogP contribution in [-0.4, -0.2) is 13.1 Å². The van der Waals surface area contributed by atoms with Crippen molar-refractivity contribution in [2.75, 3.05) is 7.11 Å². The van der Waals surface area contributed by atoms with E-state index in [9.17, 15) is 4.79 Å². The molecule has 0 fully saturated rings. The van der Waals surface area contributed by atoms with Gasteiger partial charge in [-0.1, -0.05) is 31.2 Å². The van der Waals surface area contributed by atoms with Crippen molar-refractivity contribution in [3.63, 3.8) is 0 Å². The van der Waals surface area contributed by atoms with Gasteiger partial charge in [0.2, 0.25) is 0 Å². The average molecular weight is 222 g/mol. The lowest BCUT2D eigenvalue weighted by Crippen LogP contribution is -2.36. The van der Waals surface area contributed by atoms with Crippen molar-refractivity contribution in [2.45, 2.75) is 26.3 Å². The molecule has 0 aliphatic carbocycles. The van der Waals surface area contributed by atoms with E-state index in [0.717, 1.165) is 12.0 Å². The number of aryl methyl sites for hydroxylation is 1. The molecule has 2 N–H and O–H groups in total. The molecule has 1 aromatic rings. The second kappa shape index (κ2) is 6.12. The Bertz CT molecular complexity index is 335. The molecule has 1 aromatic carbocycles. The van der Waals surface area contributed by atoms with Crippen LogP contribution in [0, 0.1) is 0 Å². The van der Waals surface area contributed by atoms with Gasteiger partial charge in [-0.25, -0.2) is 10.3 Å². The largest absolute Gasteiger partial charge is 0.339 e. The lowest BCUT2D eigenvalue weighted by atomic mass is 10.1. The van der Waals surface area contributed by atoms with Crippen LogP contribution < -0.4 is 10.8 Å². The van der Waals surface area contributed by atoms with Crippen molar-refractivity contribution in [2.24, 2.45) is 0 Å². The van der Waals surface area contributed by atoms with Gasteiger partial charge in [-0.15, -0.1) is 0 Å². The zero-order valence-corrected chi connectivity index (χ0v) is 9.91. The maximum absolute atomic E-state index is 11.2. The highest BCUT2D eigenvalue weighted by atomic mass is 16.6. The Kier molecular flexibility index (Phi) is 4.79. The molecular formula is C12H18N2O2. The van der Waals surface area contributed by atoms with Crippen LogP contribution in [0.15, 0.2) is 24.3 Å². The summed E-state index contributed by atoms with van der Waals surface area (Å²) in [6, 6.07) is 7.81. The van der Waals surface area contributed by atoms with Crippen LogP contribution in [0.25, 0.3) is 0 Å². The van der Waals surface area contributed by atoms with Gasteiger partial charge in [0.05, 0.1) is 13.2 Å². The van der Waals surface area contributed by atoms with Crippen molar-refractivity contribution in [1.82, 2.24) is 10.8 Å². The van der Waals surface area contributed by atoms with Crippen molar-refractivity contribution in [3.8, 4) is 0 Å². The number of carbonyl (C=O) groups excluding carboxylic acids is 1. The van der Waals surface area contributed by atoms with E-state index in [-0.39, 0.29) is 12.1 Å². The van der Waals surface area contributed by atoms with Crippen molar-refractivity contribution >= 4 is 6.03 Å². The SMILES string of the molecule is CCc1ccc(C(C)NC(=O)NOC)cc1. The number of urea groups is 1. The molecule has 0 spiro atoms. The first-order valence-corrected chi connectivity index (χ1v) is 5.35. The fraction of sp³-hybridized carbons (Fsp3) is 0.417. The third kappa shape index (κ3) is 3.55. The number of hydrogen-bond donors (Lipinski definition) is 2. The Hall–Kier alpha value is -1.55. The topological polar surface area (TPSA) is 50.4 Å². The van der Waals surface area contributed by atoms with Gasteiger partial charge in [0.25, 0.3) is 0 Å². The molecule has 0 aliphatic heterocycles. The van der Waals surface area contributed by atoms with Crippen molar-refractivity contribution in [3.05, 3.63) is 35.4 Å². The maximum Gasteiger partial charge on any atom is 0.339 e. The molecule has 4 heteroatoms. The molecule has 1 unspecified atom stereocenters. The summed E-state index contributed by atoms with van der Waals surface area (Å²) < 4.78 is 0. The van der Waals surface area contributed by atoms with Crippen LogP contribution in [0.1, 0.15) is 31.0 Å². The van der Waals surface area contributed by atoms with Crippen LogP contribution in [0.3, 0.4) is 0 Å². The first-order chi connectivity index (χ1) is 7.67. The highest BCUT2D eigenvalue weighted by molar-refractivity contribution is 5.73. The van der Waals surface area contributed by atoms with Gasteiger partial charge in [-0.2, -0.15) is 0 Å². The minimum atomic E-state index is -0.338. The van der Waals surface area contributed by atoms with Gasteiger partial charge < -0.3 is 5.32 Å². The zero-order chi connectivity index (χ0) is 12.0. The van der Waals surface area contributed by atoms with E-state index in [0.29, 0.717) is 0 Å². The number of rotatable bonds is 4. The molecule has 88 valence electrons. The van der Waals surface area contributed by atoms with E-state index in [1.807, 2.05) is 19.1 Å². The summed E-state index contributed by atoms with van der Waals surface area (Å²) in [7, 11) is 1.40. The van der Waals surface area contributed by atoms with E-state index in [4.69, 9.17) is 0 Å². The van der Waals surface area contributed by atoms with Crippen LogP contribution in [0.5, 0.6) is 0 Å². The summed E-state index contributed by atoms with van der Waals surface area (Å²) in [5.74, 6) is 0. The highest BCUT2D eigenvalue weighted by Crippen LogP contribution is 2.13. The molecule has 16 heavy (non-hydrogen) atoms. The summed E-state index contributed by atoms with van der Waals surface area (Å²) in [4.78, 5) is 15.7. The Morgan fingerprint density at radius 3 is 2.50 bits per heavy atom. The molecule has 0 aliphatic rings. The van der Waals surface area contributed by atoms with Crippen LogP contribution in [0.4, 0.5) is 4.79 Å². The average Bonchev–Trinajstić information content (AvgIpc) is 2.29. The van der Waals surface area contributed by atoms with Crippen LogP contribution >= 0.6 is 0 Å². The monoisotopic (exact) mass is 222 g/mol. The molecule has 1 atom stereocenters. The summed E-state index contributed by atoms with van der Waals surface area (Å²) in [5.41, 5.74) is 4.58. The maximum atomic E-state index is 11.2. The Morgan fingerprint density at radius 2 is 2.00 bits per heavy atom. The second-order valence-corrected chi connectivity index (χ2v) is 3.60. The summed E-state index contributed by atoms with van der Waals surface area (Å²) in [6.45, 7) is 4.04. The fourth-order valence-corrected chi connectivity index (χ4v) is 1.44. The lowest BCUT2D eigenvalue weighted by Gasteiger charge is -2.14. The third-order valence-corrected chi connectivity index (χ3v) is 2.43. The normalized spacial score (nSPS) is 11.9. The van der Waals surface area contributed by atoms with Gasteiger partial charge in [-0.05, 0) is 24.5 Å². The predicted octanol–water partition coefficient (Wildman–Crippen LogP) is 2.17. The molecule has 2 amide bonds. The summed E-state index contributed by atoms with van der Waals surface area (Å²) >= 11 is 0. The van der Waals surface area contributed by atoms with Gasteiger partial charge in [0.15, 0.2) is 0 Å². The molecule has 0 bridgehead atoms. The van der Waals surface area contributed by atoms with E-state index < -0.39 is 0 Å². The highest BCUT2D eigenvalue weighted by Gasteiger charge is 2.08. The van der Waals surface area contributed by atoms with Gasteiger partial charge >= 0.3 is 6.03 Å². The summed E-state index contributed by atoms with van der Waals surface area (Å²) in [6.07, 6.45) is 1.02. The van der Waals surface area contributed by atoms with Crippen LogP contribution in [0.2, 0.25) is 0 Å². The number of carbonyl (C=O) groups is 1. The minimum Gasteiger partial charge on any atom is -0.330 e. The number of benzene rings is 1. The quantitative estimate of drug-likeness (QED) is 0.767. The number of hydrogen-bond acceptors (Lipinski definition) is 2. The molecule has 1 rings (SSSR count). The number of nitrogens with one attached hydrogen (secondary N) is 2. The van der Waals surface area contributed by atoms with E-state index >= 15 is 0 Å². The van der Waals surface area contributed by atoms with Crippen molar-refractivity contribution < 1.29 is 9.63 Å². The molecule has 0 heterocycles. The third-order valence-electron chi connectivity index (χ3n) is 2.43. The standard InChI is InChI=1S/C12H18N2O2/c1-4-10-5-7-11(8-6-10)9(2)13-12(15)14-16-3/h5-9H,4H2,1-3H3,(H2,13,14,15). The lowest BCUT2D eigenvalue weighted by molar-refractivity contribution is 0.106. The molecule has 0 radical (unpaired) electrons. The first kappa shape index (κ1) is 12.5. The number of amides is 2. The Morgan fingerprint density at radius 1 is 1.38 bits per heavy atom. The molecule has 0 saturated carbocycles. The molecular weight excluding hydrogens is 204 g/mol. The van der Waals surface area contributed by atoms with E-state index in [1.165, 1.54) is 12.7 Å². The Labute approximate surface area is 95.9 Å². The smallest absolute Gasteiger partial charge is 0.330 e. The molecule has 4 nitrogen and oxygen atoms in total. The fourth-order valence-electron chi connectivity index (χ4n) is 1.44. The molecule has 0 saturated heterocycles. The second-order valence-electron chi connectivity index (χ2n) is 3.60.